The van der Waals surface area contributed by atoms with Crippen molar-refractivity contribution in [1.29, 1.82) is 0 Å². The molecular formula is C14H28Cl2N2O2. The van der Waals surface area contributed by atoms with Crippen LogP contribution in [0.15, 0.2) is 12.7 Å². The lowest BCUT2D eigenvalue weighted by molar-refractivity contribution is -0.133. The van der Waals surface area contributed by atoms with Gasteiger partial charge in [0.1, 0.15) is 0 Å². The van der Waals surface area contributed by atoms with E-state index in [9.17, 15) is 4.79 Å². The van der Waals surface area contributed by atoms with E-state index >= 15 is 0 Å². The Morgan fingerprint density at radius 3 is 2.50 bits per heavy atom. The van der Waals surface area contributed by atoms with Crippen LogP contribution in [-0.4, -0.2) is 43.2 Å². The van der Waals surface area contributed by atoms with E-state index in [-0.39, 0.29) is 30.7 Å². The van der Waals surface area contributed by atoms with Gasteiger partial charge in [0.15, 0.2) is 0 Å². The van der Waals surface area contributed by atoms with Crippen LogP contribution in [0, 0.1) is 0 Å². The first-order chi connectivity index (χ1) is 8.77. The highest BCUT2D eigenvalue weighted by atomic mass is 35.5. The van der Waals surface area contributed by atoms with Crippen molar-refractivity contribution in [3.8, 4) is 0 Å². The Hall–Kier alpha value is -0.290. The highest BCUT2D eigenvalue weighted by Crippen LogP contribution is 2.15. The van der Waals surface area contributed by atoms with E-state index in [1.165, 1.54) is 0 Å². The first-order valence-corrected chi connectivity index (χ1v) is 6.98. The third-order valence-corrected chi connectivity index (χ3v) is 3.30. The molecule has 2 N–H and O–H groups in total. The molecule has 0 bridgehead atoms. The number of ether oxygens (including phenoxy) is 1. The molecule has 0 aromatic heterocycles. The fourth-order valence-corrected chi connectivity index (χ4v) is 2.16. The van der Waals surface area contributed by atoms with Gasteiger partial charge in [-0.05, 0) is 38.6 Å². The van der Waals surface area contributed by atoms with Gasteiger partial charge in [0, 0.05) is 26.1 Å². The van der Waals surface area contributed by atoms with Crippen molar-refractivity contribution >= 4 is 30.7 Å². The van der Waals surface area contributed by atoms with E-state index < -0.39 is 0 Å². The monoisotopic (exact) mass is 326 g/mol. The number of nitrogens with zero attached hydrogens (tertiary/aromatic N) is 1. The number of allylic oxidation sites excluding steroid dienone is 1. The summed E-state index contributed by atoms with van der Waals surface area (Å²) in [6.45, 7) is 6.76. The second-order valence-electron chi connectivity index (χ2n) is 4.77. The molecule has 0 unspecified atom stereocenters. The minimum atomic E-state index is 0. The van der Waals surface area contributed by atoms with Gasteiger partial charge in [0.05, 0.1) is 6.10 Å². The second kappa shape index (κ2) is 13.7. The Labute approximate surface area is 134 Å². The molecule has 0 atom stereocenters. The number of carbonyl (C=O) groups is 1. The molecule has 0 spiro atoms. The molecule has 1 aliphatic rings. The average Bonchev–Trinajstić information content (AvgIpc) is 2.40. The van der Waals surface area contributed by atoms with Gasteiger partial charge >= 0.3 is 0 Å². The molecule has 1 amide bonds. The van der Waals surface area contributed by atoms with Crippen molar-refractivity contribution in [1.82, 2.24) is 4.90 Å². The summed E-state index contributed by atoms with van der Waals surface area (Å²) in [5.41, 5.74) is 5.42. The molecule has 0 aromatic rings. The molecule has 0 aliphatic carbocycles. The Balaban J connectivity index is 0. The van der Waals surface area contributed by atoms with E-state index in [0.717, 1.165) is 51.8 Å². The van der Waals surface area contributed by atoms with Crippen LogP contribution in [0.25, 0.3) is 0 Å². The number of hydrogen-bond donors (Lipinski definition) is 1. The summed E-state index contributed by atoms with van der Waals surface area (Å²) < 4.78 is 5.72. The topological polar surface area (TPSA) is 55.6 Å². The summed E-state index contributed by atoms with van der Waals surface area (Å²) in [7, 11) is 0. The fourth-order valence-electron chi connectivity index (χ4n) is 2.16. The Kier molecular flexibility index (Phi) is 15.0. The van der Waals surface area contributed by atoms with E-state index in [2.05, 4.69) is 6.58 Å². The summed E-state index contributed by atoms with van der Waals surface area (Å²) in [6, 6.07) is 0. The van der Waals surface area contributed by atoms with E-state index in [0.29, 0.717) is 19.1 Å². The van der Waals surface area contributed by atoms with Crippen LogP contribution >= 0.6 is 24.8 Å². The third-order valence-electron chi connectivity index (χ3n) is 3.30. The lowest BCUT2D eigenvalue weighted by Crippen LogP contribution is -2.40. The number of unbranched alkanes of at least 4 members (excludes halogenated alkanes) is 1. The summed E-state index contributed by atoms with van der Waals surface area (Å²) in [5.74, 6) is 0.275. The van der Waals surface area contributed by atoms with Crippen LogP contribution in [0.2, 0.25) is 0 Å². The van der Waals surface area contributed by atoms with Crippen molar-refractivity contribution in [3.05, 3.63) is 12.7 Å². The molecule has 1 saturated heterocycles. The molecule has 1 heterocycles. The summed E-state index contributed by atoms with van der Waals surface area (Å²) in [4.78, 5) is 13.8. The van der Waals surface area contributed by atoms with Crippen molar-refractivity contribution in [2.75, 3.05) is 26.2 Å². The first-order valence-electron chi connectivity index (χ1n) is 6.98. The maximum absolute atomic E-state index is 11.9. The Morgan fingerprint density at radius 1 is 1.30 bits per heavy atom. The largest absolute Gasteiger partial charge is 0.378 e. The van der Waals surface area contributed by atoms with Crippen LogP contribution < -0.4 is 5.73 Å². The molecule has 0 saturated carbocycles. The number of nitrogens with two attached hydrogens (primary N) is 1. The zero-order valence-corrected chi connectivity index (χ0v) is 13.7. The minimum Gasteiger partial charge on any atom is -0.378 e. The molecule has 1 fully saturated rings. The lowest BCUT2D eigenvalue weighted by Gasteiger charge is -2.32. The van der Waals surface area contributed by atoms with Gasteiger partial charge in [0.25, 0.3) is 0 Å². The summed E-state index contributed by atoms with van der Waals surface area (Å²) in [5, 5.41) is 0. The standard InChI is InChI=1S/C14H26N2O2.2ClH/c1-2-3-4-6-14(17)16-10-7-13(8-11-16)18-12-5-9-15;;/h2,13H,1,3-12,15H2;2*1H. The van der Waals surface area contributed by atoms with Gasteiger partial charge in [0.2, 0.25) is 5.91 Å². The molecule has 120 valence electrons. The zero-order valence-electron chi connectivity index (χ0n) is 12.1. The third kappa shape index (κ3) is 8.80. The van der Waals surface area contributed by atoms with Crippen LogP contribution in [-0.2, 0) is 9.53 Å². The summed E-state index contributed by atoms with van der Waals surface area (Å²) in [6.07, 6.45) is 7.49. The van der Waals surface area contributed by atoms with E-state index in [1.807, 2.05) is 11.0 Å². The SMILES string of the molecule is C=CCCCC(=O)N1CCC(OCCCN)CC1.Cl.Cl. The smallest absolute Gasteiger partial charge is 0.222 e. The number of hydrogen-bond acceptors (Lipinski definition) is 3. The number of rotatable bonds is 8. The van der Waals surface area contributed by atoms with E-state index in [1.54, 1.807) is 0 Å². The quantitative estimate of drug-likeness (QED) is 0.551. The van der Waals surface area contributed by atoms with Gasteiger partial charge in [-0.1, -0.05) is 6.08 Å². The number of carbonyl (C=O) groups excluding carboxylic acids is 1. The summed E-state index contributed by atoms with van der Waals surface area (Å²) >= 11 is 0. The fraction of sp³-hybridized carbons (Fsp3) is 0.786. The molecule has 0 aromatic carbocycles. The number of likely N-dealkylation sites (tertiary alicyclic amines) is 1. The van der Waals surface area contributed by atoms with Crippen LogP contribution in [0.5, 0.6) is 0 Å². The van der Waals surface area contributed by atoms with Gasteiger partial charge in [-0.15, -0.1) is 31.4 Å². The number of amides is 1. The lowest BCUT2D eigenvalue weighted by atomic mass is 10.1. The van der Waals surface area contributed by atoms with Crippen LogP contribution in [0.1, 0.15) is 38.5 Å². The first kappa shape index (κ1) is 22.0. The average molecular weight is 327 g/mol. The molecule has 1 rings (SSSR count). The molecular weight excluding hydrogens is 299 g/mol. The van der Waals surface area contributed by atoms with Crippen molar-refractivity contribution in [3.63, 3.8) is 0 Å². The van der Waals surface area contributed by atoms with Crippen molar-refractivity contribution in [2.24, 2.45) is 5.73 Å². The van der Waals surface area contributed by atoms with Gasteiger partial charge in [-0.3, -0.25) is 4.79 Å². The Bertz CT molecular complexity index is 258. The maximum Gasteiger partial charge on any atom is 0.222 e. The Morgan fingerprint density at radius 2 is 1.95 bits per heavy atom. The highest BCUT2D eigenvalue weighted by molar-refractivity contribution is 5.85. The van der Waals surface area contributed by atoms with Gasteiger partial charge in [-0.2, -0.15) is 0 Å². The van der Waals surface area contributed by atoms with Gasteiger partial charge in [-0.25, -0.2) is 0 Å². The second-order valence-corrected chi connectivity index (χ2v) is 4.77. The molecule has 0 radical (unpaired) electrons. The van der Waals surface area contributed by atoms with Crippen LogP contribution in [0.4, 0.5) is 0 Å². The highest BCUT2D eigenvalue weighted by Gasteiger charge is 2.22. The molecule has 1 aliphatic heterocycles. The van der Waals surface area contributed by atoms with Gasteiger partial charge < -0.3 is 15.4 Å². The molecule has 6 heteroatoms. The van der Waals surface area contributed by atoms with Crippen molar-refractivity contribution < 1.29 is 9.53 Å². The van der Waals surface area contributed by atoms with E-state index in [4.69, 9.17) is 10.5 Å². The maximum atomic E-state index is 11.9. The molecule has 4 nitrogen and oxygen atoms in total. The predicted molar refractivity (Wildman–Crippen MR) is 87.8 cm³/mol. The molecule has 20 heavy (non-hydrogen) atoms. The minimum absolute atomic E-state index is 0. The van der Waals surface area contributed by atoms with Crippen LogP contribution in [0.3, 0.4) is 0 Å². The number of piperidine rings is 1. The zero-order chi connectivity index (χ0) is 13.2. The normalized spacial score (nSPS) is 15.2. The van der Waals surface area contributed by atoms with Crippen molar-refractivity contribution in [2.45, 2.75) is 44.6 Å². The number of halogens is 2. The predicted octanol–water partition coefficient (Wildman–Crippen LogP) is 2.54.